The first-order valence-corrected chi connectivity index (χ1v) is 15.0. The minimum atomic E-state index is 0.731. The van der Waals surface area contributed by atoms with Crippen LogP contribution in [-0.2, 0) is 12.8 Å². The number of hydrogen-bond donors (Lipinski definition) is 0. The van der Waals surface area contributed by atoms with Crippen LogP contribution in [0.3, 0.4) is 0 Å². The minimum Gasteiger partial charge on any atom is -0.455 e. The summed E-state index contributed by atoms with van der Waals surface area (Å²) in [4.78, 5) is 10.5. The first-order valence-electron chi connectivity index (χ1n) is 15.0. The average molecular weight is 544 g/mol. The van der Waals surface area contributed by atoms with E-state index in [-0.39, 0.29) is 0 Å². The van der Waals surface area contributed by atoms with E-state index in [1.54, 1.807) is 0 Å². The van der Waals surface area contributed by atoms with Gasteiger partial charge in [-0.2, -0.15) is 0 Å². The number of hydrogen-bond acceptors (Lipinski definition) is 3. The Morgan fingerprint density at radius 2 is 1.62 bits per heavy atom. The largest absolute Gasteiger partial charge is 0.455 e. The highest BCUT2D eigenvalue weighted by molar-refractivity contribution is 6.04. The number of nitrogens with zero attached hydrogens (tertiary/aromatic N) is 3. The van der Waals surface area contributed by atoms with Gasteiger partial charge >= 0.3 is 0 Å². The average Bonchev–Trinajstić information content (AvgIpc) is 3.61. The Labute approximate surface area is 244 Å². The van der Waals surface area contributed by atoms with E-state index in [9.17, 15) is 0 Å². The Balaban J connectivity index is 1.31. The number of benzene rings is 3. The molecule has 0 radical (unpaired) electrons. The third kappa shape index (κ3) is 3.48. The van der Waals surface area contributed by atoms with Crippen LogP contribution >= 0.6 is 0 Å². The molecule has 0 unspecified atom stereocenters. The molecule has 3 heterocycles. The van der Waals surface area contributed by atoms with Gasteiger partial charge in [0, 0.05) is 38.5 Å². The maximum atomic E-state index is 6.90. The first-order chi connectivity index (χ1) is 20.8. The molecule has 3 aliphatic rings. The summed E-state index contributed by atoms with van der Waals surface area (Å²) in [6.45, 7) is 0. The maximum absolute atomic E-state index is 6.90. The van der Waals surface area contributed by atoms with Crippen LogP contribution in [0.4, 0.5) is 0 Å². The van der Waals surface area contributed by atoms with Crippen molar-refractivity contribution in [2.24, 2.45) is 0 Å². The second-order valence-electron chi connectivity index (χ2n) is 11.5. The molecule has 42 heavy (non-hydrogen) atoms. The van der Waals surface area contributed by atoms with E-state index in [2.05, 4.69) is 108 Å². The fraction of sp³-hybridized carbons (Fsp3) is 0.158. The zero-order valence-electron chi connectivity index (χ0n) is 23.3. The van der Waals surface area contributed by atoms with Gasteiger partial charge in [0.25, 0.3) is 0 Å². The minimum absolute atomic E-state index is 0.731. The number of fused-ring (bicyclic) bond motifs is 8. The molecule has 0 bridgehead atoms. The molecule has 0 spiro atoms. The molecule has 0 fully saturated rings. The first kappa shape index (κ1) is 23.7. The molecular weight excluding hydrogens is 514 g/mol. The quantitative estimate of drug-likeness (QED) is 0.223. The third-order valence-electron chi connectivity index (χ3n) is 9.05. The van der Waals surface area contributed by atoms with E-state index in [4.69, 9.17) is 14.4 Å². The highest BCUT2D eigenvalue weighted by atomic mass is 16.3. The van der Waals surface area contributed by atoms with Gasteiger partial charge in [-0.25, -0.2) is 9.97 Å². The third-order valence-corrected chi connectivity index (χ3v) is 9.05. The van der Waals surface area contributed by atoms with E-state index in [1.807, 2.05) is 0 Å². The standard InChI is InChI=1S/C38H29N3O/c1-3-12-24(13-4-1)26-18-11-19-27-28-22-23-33-34(37(28)42-36(26)27)30-17-8-10-21-32(30)41(33)38-39-31-20-9-7-16-29(31)35(40-38)25-14-5-2-6-15-25/h2-3,5,7-14,16-21H,1,4,6,15,22-23H2. The summed E-state index contributed by atoms with van der Waals surface area (Å²) in [5, 5.41) is 3.52. The lowest BCUT2D eigenvalue weighted by molar-refractivity contribution is 0.619. The normalized spacial score (nSPS) is 16.1. The monoisotopic (exact) mass is 543 g/mol. The van der Waals surface area contributed by atoms with Crippen LogP contribution in [0.1, 0.15) is 48.2 Å². The van der Waals surface area contributed by atoms with Crippen LogP contribution in [0.2, 0.25) is 0 Å². The second kappa shape index (κ2) is 9.28. The summed E-state index contributed by atoms with van der Waals surface area (Å²) < 4.78 is 9.20. The lowest BCUT2D eigenvalue weighted by Gasteiger charge is -2.17. The molecule has 0 N–H and O–H groups in total. The van der Waals surface area contributed by atoms with E-state index in [0.29, 0.717) is 0 Å². The van der Waals surface area contributed by atoms with Crippen molar-refractivity contribution in [2.75, 3.05) is 0 Å². The summed E-state index contributed by atoms with van der Waals surface area (Å²) in [7, 11) is 0. The van der Waals surface area contributed by atoms with Crippen LogP contribution in [0.5, 0.6) is 0 Å². The van der Waals surface area contributed by atoms with Crippen LogP contribution < -0.4 is 0 Å². The van der Waals surface area contributed by atoms with Gasteiger partial charge in [0.05, 0.1) is 16.7 Å². The smallest absolute Gasteiger partial charge is 0.235 e. The second-order valence-corrected chi connectivity index (χ2v) is 11.5. The van der Waals surface area contributed by atoms with Crippen LogP contribution in [0.15, 0.2) is 108 Å². The van der Waals surface area contributed by atoms with Crippen molar-refractivity contribution in [3.63, 3.8) is 0 Å². The molecule has 4 heteroatoms. The van der Waals surface area contributed by atoms with Crippen molar-refractivity contribution in [3.05, 3.63) is 126 Å². The van der Waals surface area contributed by atoms with Gasteiger partial charge in [0.15, 0.2) is 0 Å². The predicted octanol–water partition coefficient (Wildman–Crippen LogP) is 9.55. The maximum Gasteiger partial charge on any atom is 0.235 e. The lowest BCUT2D eigenvalue weighted by atomic mass is 9.91. The molecule has 4 nitrogen and oxygen atoms in total. The van der Waals surface area contributed by atoms with Crippen LogP contribution in [0.25, 0.3) is 61.2 Å². The van der Waals surface area contributed by atoms with Gasteiger partial charge in [-0.15, -0.1) is 0 Å². The van der Waals surface area contributed by atoms with Crippen molar-refractivity contribution in [1.82, 2.24) is 14.5 Å². The summed E-state index contributed by atoms with van der Waals surface area (Å²) in [6.07, 6.45) is 19.4. The van der Waals surface area contributed by atoms with Gasteiger partial charge < -0.3 is 4.42 Å². The topological polar surface area (TPSA) is 43.9 Å². The van der Waals surface area contributed by atoms with Gasteiger partial charge in [0.2, 0.25) is 5.95 Å². The molecule has 9 rings (SSSR count). The van der Waals surface area contributed by atoms with E-state index in [1.165, 1.54) is 44.3 Å². The molecule has 3 aromatic heterocycles. The molecule has 0 aliphatic heterocycles. The van der Waals surface area contributed by atoms with Crippen molar-refractivity contribution >= 4 is 43.9 Å². The lowest BCUT2D eigenvalue weighted by Crippen LogP contribution is -2.11. The summed E-state index contributed by atoms with van der Waals surface area (Å²) in [6, 6.07) is 23.6. The molecule has 3 aromatic carbocycles. The van der Waals surface area contributed by atoms with Crippen molar-refractivity contribution in [2.45, 2.75) is 38.5 Å². The Morgan fingerprint density at radius 1 is 0.738 bits per heavy atom. The molecule has 202 valence electrons. The molecular formula is C38H29N3O. The zero-order chi connectivity index (χ0) is 27.6. The van der Waals surface area contributed by atoms with E-state index in [0.717, 1.165) is 77.9 Å². The molecule has 0 saturated heterocycles. The van der Waals surface area contributed by atoms with Crippen molar-refractivity contribution in [1.29, 1.82) is 0 Å². The van der Waals surface area contributed by atoms with Crippen LogP contribution in [-0.4, -0.2) is 14.5 Å². The Bertz CT molecular complexity index is 2200. The Morgan fingerprint density at radius 3 is 2.50 bits per heavy atom. The molecule has 0 atom stereocenters. The highest BCUT2D eigenvalue weighted by Gasteiger charge is 2.31. The summed E-state index contributed by atoms with van der Waals surface area (Å²) in [5.41, 5.74) is 11.5. The van der Waals surface area contributed by atoms with Crippen molar-refractivity contribution < 1.29 is 4.42 Å². The van der Waals surface area contributed by atoms with Gasteiger partial charge in [0.1, 0.15) is 11.3 Å². The SMILES string of the molecule is C1=CCCC(c2nc(-n3c4c(c5ccccc53)-c3oc5c(C6=CCCC=C6)cccc5c3CC4)nc3ccccc23)=C1. The summed E-state index contributed by atoms with van der Waals surface area (Å²) >= 11 is 0. The van der Waals surface area contributed by atoms with E-state index < -0.39 is 0 Å². The Hall–Kier alpha value is -4.96. The van der Waals surface area contributed by atoms with Gasteiger partial charge in [-0.1, -0.05) is 91.1 Å². The molecule has 0 saturated carbocycles. The number of allylic oxidation sites excluding steroid dienone is 8. The molecule has 3 aliphatic carbocycles. The predicted molar refractivity (Wildman–Crippen MR) is 172 cm³/mol. The van der Waals surface area contributed by atoms with Crippen molar-refractivity contribution in [3.8, 4) is 17.3 Å². The number of para-hydroxylation sites is 3. The fourth-order valence-electron chi connectivity index (χ4n) is 7.12. The fourth-order valence-corrected chi connectivity index (χ4v) is 7.12. The summed E-state index contributed by atoms with van der Waals surface area (Å²) in [5.74, 6) is 1.73. The molecule has 6 aromatic rings. The number of aromatic nitrogens is 3. The highest BCUT2D eigenvalue weighted by Crippen LogP contribution is 2.47. The Kier molecular flexibility index (Phi) is 5.24. The van der Waals surface area contributed by atoms with Gasteiger partial charge in [-0.3, -0.25) is 4.57 Å². The molecule has 0 amide bonds. The van der Waals surface area contributed by atoms with E-state index >= 15 is 0 Å². The van der Waals surface area contributed by atoms with Gasteiger partial charge in [-0.05, 0) is 61.8 Å². The van der Waals surface area contributed by atoms with Crippen LogP contribution in [0, 0.1) is 0 Å². The number of rotatable bonds is 3. The number of furan rings is 1. The number of aryl methyl sites for hydroxylation is 1. The zero-order valence-corrected chi connectivity index (χ0v) is 23.3.